The van der Waals surface area contributed by atoms with Gasteiger partial charge in [-0.3, -0.25) is 0 Å². The normalized spacial score (nSPS) is 18.0. The molecule has 1 saturated heterocycles. The Morgan fingerprint density at radius 3 is 2.45 bits per heavy atom. The van der Waals surface area contributed by atoms with E-state index >= 15 is 0 Å². The first-order valence-electron chi connectivity index (χ1n) is 8.00. The Morgan fingerprint density at radius 2 is 1.95 bits per heavy atom. The van der Waals surface area contributed by atoms with Crippen LogP contribution in [0, 0.1) is 11.3 Å². The first kappa shape index (κ1) is 15.3. The van der Waals surface area contributed by atoms with Crippen LogP contribution >= 0.6 is 0 Å². The zero-order valence-corrected chi connectivity index (χ0v) is 13.6. The van der Waals surface area contributed by atoms with Gasteiger partial charge in [0.2, 0.25) is 0 Å². The van der Waals surface area contributed by atoms with Gasteiger partial charge < -0.3 is 9.42 Å². The SMILES string of the molecule is CCC(C)(C)CC1CCN(c2nc(C(C)C)no2)CC1. The highest BCUT2D eigenvalue weighted by atomic mass is 16.5. The zero-order valence-electron chi connectivity index (χ0n) is 13.6. The fraction of sp³-hybridized carbons (Fsp3) is 0.875. The minimum absolute atomic E-state index is 0.329. The van der Waals surface area contributed by atoms with Gasteiger partial charge in [0.1, 0.15) is 0 Å². The van der Waals surface area contributed by atoms with Crippen molar-refractivity contribution in [3.05, 3.63) is 5.82 Å². The summed E-state index contributed by atoms with van der Waals surface area (Å²) in [6, 6.07) is 0.710. The smallest absolute Gasteiger partial charge is 0.324 e. The third kappa shape index (κ3) is 3.74. The van der Waals surface area contributed by atoms with E-state index in [4.69, 9.17) is 4.52 Å². The van der Waals surface area contributed by atoms with E-state index in [0.29, 0.717) is 17.3 Å². The second-order valence-electron chi connectivity index (χ2n) is 7.24. The lowest BCUT2D eigenvalue weighted by Crippen LogP contribution is -2.35. The Bertz CT molecular complexity index is 417. The van der Waals surface area contributed by atoms with E-state index in [2.05, 4.69) is 49.7 Å². The van der Waals surface area contributed by atoms with Crippen molar-refractivity contribution in [2.75, 3.05) is 18.0 Å². The molecule has 0 spiro atoms. The van der Waals surface area contributed by atoms with Gasteiger partial charge in [0.05, 0.1) is 0 Å². The zero-order chi connectivity index (χ0) is 14.8. The van der Waals surface area contributed by atoms with Gasteiger partial charge in [-0.15, -0.1) is 0 Å². The fourth-order valence-corrected chi connectivity index (χ4v) is 2.84. The molecule has 2 rings (SSSR count). The van der Waals surface area contributed by atoms with E-state index in [0.717, 1.165) is 24.8 Å². The Labute approximate surface area is 122 Å². The summed E-state index contributed by atoms with van der Waals surface area (Å²) in [5, 5.41) is 4.05. The second kappa shape index (κ2) is 6.15. The molecule has 0 aromatic carbocycles. The van der Waals surface area contributed by atoms with E-state index in [9.17, 15) is 0 Å². The first-order chi connectivity index (χ1) is 9.41. The topological polar surface area (TPSA) is 42.2 Å². The van der Waals surface area contributed by atoms with Gasteiger partial charge in [-0.05, 0) is 30.6 Å². The average Bonchev–Trinajstić information content (AvgIpc) is 2.89. The predicted molar refractivity (Wildman–Crippen MR) is 82.0 cm³/mol. The molecular weight excluding hydrogens is 250 g/mol. The maximum absolute atomic E-state index is 5.39. The van der Waals surface area contributed by atoms with Gasteiger partial charge in [-0.2, -0.15) is 4.98 Å². The molecule has 4 heteroatoms. The lowest BCUT2D eigenvalue weighted by molar-refractivity contribution is 0.227. The van der Waals surface area contributed by atoms with Crippen molar-refractivity contribution in [3.8, 4) is 0 Å². The molecule has 0 N–H and O–H groups in total. The van der Waals surface area contributed by atoms with Gasteiger partial charge in [0.25, 0.3) is 0 Å². The molecule has 20 heavy (non-hydrogen) atoms. The summed E-state index contributed by atoms with van der Waals surface area (Å²) in [7, 11) is 0. The van der Waals surface area contributed by atoms with Crippen LogP contribution in [0.25, 0.3) is 0 Å². The van der Waals surface area contributed by atoms with Crippen LogP contribution in [0.5, 0.6) is 0 Å². The van der Waals surface area contributed by atoms with Crippen LogP contribution in [0.3, 0.4) is 0 Å². The second-order valence-corrected chi connectivity index (χ2v) is 7.24. The van der Waals surface area contributed by atoms with E-state index in [1.807, 2.05) is 0 Å². The van der Waals surface area contributed by atoms with Gasteiger partial charge in [0, 0.05) is 19.0 Å². The highest BCUT2D eigenvalue weighted by Gasteiger charge is 2.27. The number of aromatic nitrogens is 2. The van der Waals surface area contributed by atoms with Crippen molar-refractivity contribution in [2.45, 2.75) is 66.2 Å². The molecule has 4 nitrogen and oxygen atoms in total. The number of rotatable bonds is 5. The Hall–Kier alpha value is -1.06. The highest BCUT2D eigenvalue weighted by Crippen LogP contribution is 2.34. The molecule has 0 bridgehead atoms. The highest BCUT2D eigenvalue weighted by molar-refractivity contribution is 5.26. The molecular formula is C16H29N3O. The van der Waals surface area contributed by atoms with Gasteiger partial charge in [0.15, 0.2) is 5.82 Å². The van der Waals surface area contributed by atoms with Gasteiger partial charge in [-0.25, -0.2) is 0 Å². The molecule has 1 fully saturated rings. The summed E-state index contributed by atoms with van der Waals surface area (Å²) in [5.74, 6) is 1.98. The summed E-state index contributed by atoms with van der Waals surface area (Å²) < 4.78 is 5.39. The Balaban J connectivity index is 1.87. The molecule has 114 valence electrons. The van der Waals surface area contributed by atoms with Gasteiger partial charge in [-0.1, -0.05) is 46.2 Å². The monoisotopic (exact) mass is 279 g/mol. The Morgan fingerprint density at radius 1 is 1.30 bits per heavy atom. The van der Waals surface area contributed by atoms with Crippen molar-refractivity contribution in [1.82, 2.24) is 10.1 Å². The molecule has 0 atom stereocenters. The fourth-order valence-electron chi connectivity index (χ4n) is 2.84. The van der Waals surface area contributed by atoms with Crippen LogP contribution in [-0.2, 0) is 0 Å². The van der Waals surface area contributed by atoms with Crippen LogP contribution in [0.1, 0.15) is 72.0 Å². The molecule has 2 heterocycles. The molecule has 0 aliphatic carbocycles. The Kier molecular flexibility index (Phi) is 4.71. The lowest BCUT2D eigenvalue weighted by atomic mass is 9.77. The summed E-state index contributed by atoms with van der Waals surface area (Å²) in [6.45, 7) is 13.3. The quantitative estimate of drug-likeness (QED) is 0.808. The molecule has 0 unspecified atom stereocenters. The molecule has 1 aromatic heterocycles. The third-order valence-electron chi connectivity index (χ3n) is 4.63. The number of anilines is 1. The molecule has 1 aliphatic rings. The average molecular weight is 279 g/mol. The minimum atomic E-state index is 0.329. The van der Waals surface area contributed by atoms with E-state index in [1.165, 1.54) is 25.7 Å². The van der Waals surface area contributed by atoms with E-state index in [-0.39, 0.29) is 0 Å². The van der Waals surface area contributed by atoms with Crippen LogP contribution in [-0.4, -0.2) is 23.2 Å². The van der Waals surface area contributed by atoms with Crippen molar-refractivity contribution >= 4 is 6.01 Å². The largest absolute Gasteiger partial charge is 0.324 e. The lowest BCUT2D eigenvalue weighted by Gasteiger charge is -2.35. The number of nitrogens with zero attached hydrogens (tertiary/aromatic N) is 3. The molecule has 0 amide bonds. The summed E-state index contributed by atoms with van der Waals surface area (Å²) >= 11 is 0. The van der Waals surface area contributed by atoms with Crippen molar-refractivity contribution in [2.24, 2.45) is 11.3 Å². The van der Waals surface area contributed by atoms with Crippen LogP contribution in [0.15, 0.2) is 4.52 Å². The van der Waals surface area contributed by atoms with Crippen LogP contribution in [0.2, 0.25) is 0 Å². The summed E-state index contributed by atoms with van der Waals surface area (Å²) in [5.41, 5.74) is 0.474. The summed E-state index contributed by atoms with van der Waals surface area (Å²) in [6.07, 6.45) is 5.07. The van der Waals surface area contributed by atoms with Crippen molar-refractivity contribution < 1.29 is 4.52 Å². The predicted octanol–water partition coefficient (Wildman–Crippen LogP) is 4.24. The molecule has 1 aliphatic heterocycles. The number of hydrogen-bond acceptors (Lipinski definition) is 4. The van der Waals surface area contributed by atoms with Gasteiger partial charge >= 0.3 is 6.01 Å². The van der Waals surface area contributed by atoms with E-state index in [1.54, 1.807) is 0 Å². The molecule has 1 aromatic rings. The molecule has 0 saturated carbocycles. The number of hydrogen-bond donors (Lipinski definition) is 0. The maximum Gasteiger partial charge on any atom is 0.324 e. The first-order valence-corrected chi connectivity index (χ1v) is 8.00. The number of piperidine rings is 1. The molecule has 0 radical (unpaired) electrons. The summed E-state index contributed by atoms with van der Waals surface area (Å²) in [4.78, 5) is 6.74. The maximum atomic E-state index is 5.39. The third-order valence-corrected chi connectivity index (χ3v) is 4.63. The van der Waals surface area contributed by atoms with Crippen LogP contribution < -0.4 is 4.90 Å². The van der Waals surface area contributed by atoms with Crippen molar-refractivity contribution in [1.29, 1.82) is 0 Å². The van der Waals surface area contributed by atoms with Crippen molar-refractivity contribution in [3.63, 3.8) is 0 Å². The minimum Gasteiger partial charge on any atom is -0.324 e. The van der Waals surface area contributed by atoms with E-state index < -0.39 is 0 Å². The van der Waals surface area contributed by atoms with Crippen LogP contribution in [0.4, 0.5) is 6.01 Å². The standard InChI is InChI=1S/C16H29N3O/c1-6-16(4,5)11-13-7-9-19(10-8-13)15-17-14(12(2)3)18-20-15/h12-13H,6-11H2,1-5H3.